The van der Waals surface area contributed by atoms with Crippen molar-refractivity contribution < 1.29 is 23.9 Å². The van der Waals surface area contributed by atoms with Gasteiger partial charge in [-0.15, -0.1) is 0 Å². The van der Waals surface area contributed by atoms with Gasteiger partial charge >= 0.3 is 5.97 Å². The molecule has 8 nitrogen and oxygen atoms in total. The molecule has 0 saturated carbocycles. The van der Waals surface area contributed by atoms with E-state index in [-0.39, 0.29) is 18.2 Å². The first-order valence-corrected chi connectivity index (χ1v) is 13.0. The number of nitrogens with zero attached hydrogens (tertiary/aromatic N) is 1. The highest BCUT2D eigenvalue weighted by Crippen LogP contribution is 2.28. The third-order valence-electron chi connectivity index (χ3n) is 5.31. The number of hydrazone groups is 1. The number of methoxy groups -OCH3 is 1. The van der Waals surface area contributed by atoms with Gasteiger partial charge in [-0.1, -0.05) is 67.4 Å². The van der Waals surface area contributed by atoms with Crippen LogP contribution in [0.15, 0.2) is 52.0 Å². The highest BCUT2D eigenvalue weighted by molar-refractivity contribution is 9.10. The molecule has 0 aliphatic carbocycles. The average Bonchev–Trinajstić information content (AvgIpc) is 2.87. The lowest BCUT2D eigenvalue weighted by atomic mass is 10.1. The van der Waals surface area contributed by atoms with Gasteiger partial charge in [0, 0.05) is 10.9 Å². The molecule has 0 bridgehead atoms. The fourth-order valence-corrected chi connectivity index (χ4v) is 3.75. The van der Waals surface area contributed by atoms with Crippen LogP contribution in [0, 0.1) is 0 Å². The normalized spacial score (nSPS) is 10.8. The molecule has 0 unspecified atom stereocenters. The first kappa shape index (κ1) is 29.0. The van der Waals surface area contributed by atoms with Crippen molar-refractivity contribution >= 4 is 39.9 Å². The summed E-state index contributed by atoms with van der Waals surface area (Å²) in [7, 11) is 1.46. The number of carbonyl (C=O) groups is 3. The first-order chi connectivity index (χ1) is 17.4. The molecule has 0 atom stereocenters. The molecule has 36 heavy (non-hydrogen) atoms. The standard InChI is InChI=1S/C27H34BrN3O5/c1-3-4-5-6-7-8-9-13-25(32)29-19-26(33)31-30-18-20-14-15-23(24(16-20)35-2)36-27(34)21-11-10-12-22(28)17-21/h10-12,14-18H,3-9,13,19H2,1-2H3,(H,29,32)(H,31,33). The summed E-state index contributed by atoms with van der Waals surface area (Å²) >= 11 is 3.33. The molecule has 0 heterocycles. The van der Waals surface area contributed by atoms with Crippen LogP contribution in [0.2, 0.25) is 0 Å². The minimum Gasteiger partial charge on any atom is -0.493 e. The lowest BCUT2D eigenvalue weighted by Crippen LogP contribution is -2.34. The molecule has 0 aliphatic rings. The van der Waals surface area contributed by atoms with E-state index in [2.05, 4.69) is 38.7 Å². The Kier molecular flexibility index (Phi) is 13.3. The Bertz CT molecular complexity index is 1040. The van der Waals surface area contributed by atoms with Gasteiger partial charge < -0.3 is 14.8 Å². The molecular weight excluding hydrogens is 526 g/mol. The Morgan fingerprint density at radius 3 is 2.42 bits per heavy atom. The topological polar surface area (TPSA) is 106 Å². The molecule has 9 heteroatoms. The van der Waals surface area contributed by atoms with Crippen molar-refractivity contribution in [3.05, 3.63) is 58.1 Å². The van der Waals surface area contributed by atoms with E-state index in [1.165, 1.54) is 39.0 Å². The lowest BCUT2D eigenvalue weighted by Gasteiger charge is -2.10. The fraction of sp³-hybridized carbons (Fsp3) is 0.407. The average molecular weight is 560 g/mol. The number of benzene rings is 2. The van der Waals surface area contributed by atoms with E-state index in [9.17, 15) is 14.4 Å². The van der Waals surface area contributed by atoms with Crippen LogP contribution in [0.3, 0.4) is 0 Å². The molecule has 0 aromatic heterocycles. The molecule has 0 spiro atoms. The molecule has 2 amide bonds. The molecule has 0 fully saturated rings. The van der Waals surface area contributed by atoms with Crippen molar-refractivity contribution in [3.8, 4) is 11.5 Å². The SMILES string of the molecule is CCCCCCCCCC(=O)NCC(=O)NN=Cc1ccc(OC(=O)c2cccc(Br)c2)c(OC)c1. The summed E-state index contributed by atoms with van der Waals surface area (Å²) in [6.45, 7) is 2.05. The second-order valence-electron chi connectivity index (χ2n) is 8.25. The Labute approximate surface area is 221 Å². The smallest absolute Gasteiger partial charge is 0.343 e. The van der Waals surface area contributed by atoms with Crippen molar-refractivity contribution in [3.63, 3.8) is 0 Å². The molecular formula is C27H34BrN3O5. The third kappa shape index (κ3) is 11.0. The van der Waals surface area contributed by atoms with Crippen molar-refractivity contribution in [2.24, 2.45) is 5.10 Å². The van der Waals surface area contributed by atoms with E-state index in [1.54, 1.807) is 36.4 Å². The van der Waals surface area contributed by atoms with Crippen molar-refractivity contribution in [2.75, 3.05) is 13.7 Å². The number of halogens is 1. The maximum Gasteiger partial charge on any atom is 0.343 e. The van der Waals surface area contributed by atoms with Crippen molar-refractivity contribution in [1.29, 1.82) is 0 Å². The van der Waals surface area contributed by atoms with E-state index >= 15 is 0 Å². The molecule has 0 aliphatic heterocycles. The number of rotatable bonds is 15. The maximum absolute atomic E-state index is 12.4. The number of carbonyl (C=O) groups excluding carboxylic acids is 3. The molecule has 2 aromatic carbocycles. The van der Waals surface area contributed by atoms with Crippen LogP contribution in [0.1, 0.15) is 74.2 Å². The Morgan fingerprint density at radius 1 is 0.944 bits per heavy atom. The predicted octanol–water partition coefficient (Wildman–Crippen LogP) is 5.38. The van der Waals surface area contributed by atoms with Gasteiger partial charge in [0.1, 0.15) is 0 Å². The van der Waals surface area contributed by atoms with E-state index in [0.717, 1.165) is 23.7 Å². The molecule has 0 saturated heterocycles. The highest BCUT2D eigenvalue weighted by Gasteiger charge is 2.13. The van der Waals surface area contributed by atoms with Crippen LogP contribution >= 0.6 is 15.9 Å². The Morgan fingerprint density at radius 2 is 1.69 bits per heavy atom. The molecule has 2 N–H and O–H groups in total. The van der Waals surface area contributed by atoms with Crippen LogP contribution in [-0.4, -0.2) is 37.7 Å². The van der Waals surface area contributed by atoms with Crippen LogP contribution < -0.4 is 20.2 Å². The van der Waals surface area contributed by atoms with Gasteiger partial charge in [0.25, 0.3) is 5.91 Å². The van der Waals surface area contributed by atoms with Gasteiger partial charge in [0.15, 0.2) is 11.5 Å². The summed E-state index contributed by atoms with van der Waals surface area (Å²) in [4.78, 5) is 36.2. The van der Waals surface area contributed by atoms with Gasteiger partial charge in [0.05, 0.1) is 25.4 Å². The molecule has 194 valence electrons. The third-order valence-corrected chi connectivity index (χ3v) is 5.80. The number of hydrogen-bond acceptors (Lipinski definition) is 6. The summed E-state index contributed by atoms with van der Waals surface area (Å²) in [6.07, 6.45) is 9.79. The maximum atomic E-state index is 12.4. The van der Waals surface area contributed by atoms with Gasteiger partial charge in [0.2, 0.25) is 5.91 Å². The van der Waals surface area contributed by atoms with E-state index < -0.39 is 11.9 Å². The number of ether oxygens (including phenoxy) is 2. The van der Waals surface area contributed by atoms with Crippen LogP contribution in [0.25, 0.3) is 0 Å². The zero-order valence-corrected chi connectivity index (χ0v) is 22.4. The minimum atomic E-state index is -0.516. The van der Waals surface area contributed by atoms with Crippen LogP contribution in [0.5, 0.6) is 11.5 Å². The Hall–Kier alpha value is -3.20. The fourth-order valence-electron chi connectivity index (χ4n) is 3.35. The zero-order valence-electron chi connectivity index (χ0n) is 20.8. The number of esters is 1. The molecule has 2 rings (SSSR count). The largest absolute Gasteiger partial charge is 0.493 e. The number of amides is 2. The number of hydrogen-bond donors (Lipinski definition) is 2. The monoisotopic (exact) mass is 559 g/mol. The summed E-state index contributed by atoms with van der Waals surface area (Å²) in [5.74, 6) is -0.484. The van der Waals surface area contributed by atoms with Crippen LogP contribution in [0.4, 0.5) is 0 Å². The Balaban J connectivity index is 1.75. The van der Waals surface area contributed by atoms with Gasteiger partial charge in [-0.05, 0) is 48.4 Å². The quantitative estimate of drug-likeness (QED) is 0.100. The second-order valence-corrected chi connectivity index (χ2v) is 9.17. The number of unbranched alkanes of at least 4 members (excludes halogenated alkanes) is 6. The first-order valence-electron chi connectivity index (χ1n) is 12.2. The molecule has 2 aromatic rings. The van der Waals surface area contributed by atoms with E-state index in [1.807, 2.05) is 6.07 Å². The van der Waals surface area contributed by atoms with Crippen molar-refractivity contribution in [1.82, 2.24) is 10.7 Å². The van der Waals surface area contributed by atoms with Gasteiger partial charge in [-0.25, -0.2) is 10.2 Å². The second kappa shape index (κ2) is 16.5. The summed E-state index contributed by atoms with van der Waals surface area (Å²) in [5, 5.41) is 6.52. The predicted molar refractivity (Wildman–Crippen MR) is 143 cm³/mol. The summed E-state index contributed by atoms with van der Waals surface area (Å²) < 4.78 is 11.5. The molecule has 0 radical (unpaired) electrons. The number of nitrogens with one attached hydrogen (secondary N) is 2. The van der Waals surface area contributed by atoms with Gasteiger partial charge in [-0.2, -0.15) is 5.10 Å². The summed E-state index contributed by atoms with van der Waals surface area (Å²) in [6, 6.07) is 11.8. The zero-order chi connectivity index (χ0) is 26.2. The van der Waals surface area contributed by atoms with E-state index in [0.29, 0.717) is 23.3 Å². The summed E-state index contributed by atoms with van der Waals surface area (Å²) in [5.41, 5.74) is 3.40. The highest BCUT2D eigenvalue weighted by atomic mass is 79.9. The van der Waals surface area contributed by atoms with Gasteiger partial charge in [-0.3, -0.25) is 9.59 Å². The van der Waals surface area contributed by atoms with Crippen molar-refractivity contribution in [2.45, 2.75) is 58.3 Å². The lowest BCUT2D eigenvalue weighted by molar-refractivity contribution is -0.126. The minimum absolute atomic E-state index is 0.138. The van der Waals surface area contributed by atoms with Crippen LogP contribution in [-0.2, 0) is 9.59 Å². The van der Waals surface area contributed by atoms with E-state index in [4.69, 9.17) is 9.47 Å².